The Morgan fingerprint density at radius 1 is 0.973 bits per heavy atom. The number of aromatic nitrogens is 1. The van der Waals surface area contributed by atoms with E-state index in [0.717, 1.165) is 47.5 Å². The molecular formula is C28H34N6O3. The number of ketones is 1. The highest BCUT2D eigenvalue weighted by molar-refractivity contribution is 6.28. The van der Waals surface area contributed by atoms with Crippen LogP contribution >= 0.6 is 0 Å². The van der Waals surface area contributed by atoms with Gasteiger partial charge in [-0.05, 0) is 29.8 Å². The Balaban J connectivity index is 1.31. The number of benzene rings is 2. The molecule has 194 valence electrons. The van der Waals surface area contributed by atoms with E-state index in [2.05, 4.69) is 15.5 Å². The third-order valence-electron chi connectivity index (χ3n) is 7.09. The van der Waals surface area contributed by atoms with E-state index in [9.17, 15) is 9.59 Å². The molecule has 0 spiro atoms. The summed E-state index contributed by atoms with van der Waals surface area (Å²) in [5.41, 5.74) is 9.39. The molecule has 4 N–H and O–H groups in total. The second kappa shape index (κ2) is 11.2. The third kappa shape index (κ3) is 5.02. The average Bonchev–Trinajstić information content (AvgIpc) is 3.24. The first-order valence-corrected chi connectivity index (χ1v) is 12.9. The molecule has 0 radical (unpaired) electrons. The van der Waals surface area contributed by atoms with E-state index in [-0.39, 0.29) is 11.7 Å². The second-order valence-corrected chi connectivity index (χ2v) is 9.35. The number of nitrogens with zero attached hydrogens (tertiary/aromatic N) is 3. The van der Waals surface area contributed by atoms with Gasteiger partial charge in [-0.25, -0.2) is 4.98 Å². The number of piperazine rings is 1. The van der Waals surface area contributed by atoms with Gasteiger partial charge in [0.1, 0.15) is 11.6 Å². The Morgan fingerprint density at radius 2 is 1.73 bits per heavy atom. The Kier molecular flexibility index (Phi) is 7.64. The van der Waals surface area contributed by atoms with Crippen LogP contribution < -0.4 is 26.0 Å². The van der Waals surface area contributed by atoms with Crippen molar-refractivity contribution in [3.63, 3.8) is 0 Å². The molecule has 1 saturated heterocycles. The zero-order chi connectivity index (χ0) is 25.8. The highest BCUT2D eigenvalue weighted by Gasteiger charge is 2.35. The number of amides is 1. The largest absolute Gasteiger partial charge is 0.497 e. The first-order valence-electron chi connectivity index (χ1n) is 12.9. The summed E-state index contributed by atoms with van der Waals surface area (Å²) in [4.78, 5) is 35.5. The molecule has 37 heavy (non-hydrogen) atoms. The minimum absolute atomic E-state index is 0.00305. The minimum Gasteiger partial charge on any atom is -0.497 e. The van der Waals surface area contributed by atoms with Crippen LogP contribution in [0.25, 0.3) is 22.0 Å². The Morgan fingerprint density at radius 3 is 2.49 bits per heavy atom. The van der Waals surface area contributed by atoms with Crippen molar-refractivity contribution < 1.29 is 14.3 Å². The number of anilines is 1. The summed E-state index contributed by atoms with van der Waals surface area (Å²) in [7, 11) is 1.61. The van der Waals surface area contributed by atoms with Crippen LogP contribution in [0.2, 0.25) is 0 Å². The summed E-state index contributed by atoms with van der Waals surface area (Å²) in [6.45, 7) is 6.32. The minimum atomic E-state index is 0.00305. The van der Waals surface area contributed by atoms with Crippen LogP contribution in [0.3, 0.4) is 0 Å². The van der Waals surface area contributed by atoms with E-state index in [4.69, 9.17) is 15.5 Å². The predicted octanol–water partition coefficient (Wildman–Crippen LogP) is 1.63. The third-order valence-corrected chi connectivity index (χ3v) is 7.09. The molecule has 2 aromatic carbocycles. The van der Waals surface area contributed by atoms with Crippen molar-refractivity contribution in [3.8, 4) is 16.9 Å². The first kappa shape index (κ1) is 25.1. The van der Waals surface area contributed by atoms with Crippen LogP contribution in [-0.4, -0.2) is 87.6 Å². The molecular weight excluding hydrogens is 468 g/mol. The van der Waals surface area contributed by atoms with Crippen molar-refractivity contribution in [1.29, 1.82) is 0 Å². The molecule has 0 bridgehead atoms. The summed E-state index contributed by atoms with van der Waals surface area (Å²) in [5, 5.41) is 7.39. The van der Waals surface area contributed by atoms with Gasteiger partial charge in [0.25, 0.3) is 0 Å². The lowest BCUT2D eigenvalue weighted by atomic mass is 10.0. The van der Waals surface area contributed by atoms with Gasteiger partial charge in [0.15, 0.2) is 5.78 Å². The zero-order valence-electron chi connectivity index (χ0n) is 21.3. The number of rotatable bonds is 10. The van der Waals surface area contributed by atoms with Gasteiger partial charge in [0.05, 0.1) is 12.6 Å². The standard InChI is InChI=1S/C28H34N6O3/c1-37-19-6-7-20-22(18-19)27(36)25-21-4-2-3-5-23(21)32-28(26(20)25)34-16-14-33(15-17-34)24(35)8-10-30-12-13-31-11-9-29/h2-7,18,30-31H,8-17,29H2,1H3. The van der Waals surface area contributed by atoms with Crippen LogP contribution in [0.4, 0.5) is 5.82 Å². The van der Waals surface area contributed by atoms with E-state index < -0.39 is 0 Å². The molecule has 0 unspecified atom stereocenters. The molecule has 1 fully saturated rings. The van der Waals surface area contributed by atoms with E-state index in [1.54, 1.807) is 7.11 Å². The Labute approximate surface area is 217 Å². The smallest absolute Gasteiger partial charge is 0.223 e. The predicted molar refractivity (Wildman–Crippen MR) is 145 cm³/mol. The maximum atomic E-state index is 13.6. The molecule has 1 aliphatic carbocycles. The van der Waals surface area contributed by atoms with Crippen LogP contribution in [0.5, 0.6) is 5.75 Å². The Bertz CT molecular complexity index is 1300. The van der Waals surface area contributed by atoms with Gasteiger partial charge in [-0.2, -0.15) is 0 Å². The van der Waals surface area contributed by atoms with Gasteiger partial charge in [0.2, 0.25) is 5.91 Å². The summed E-state index contributed by atoms with van der Waals surface area (Å²) in [6, 6.07) is 13.5. The van der Waals surface area contributed by atoms with Crippen molar-refractivity contribution in [2.45, 2.75) is 6.42 Å². The number of para-hydroxylation sites is 1. The van der Waals surface area contributed by atoms with Gasteiger partial charge >= 0.3 is 0 Å². The molecule has 2 heterocycles. The topological polar surface area (TPSA) is 113 Å². The fourth-order valence-electron chi connectivity index (χ4n) is 5.16. The van der Waals surface area contributed by atoms with Gasteiger partial charge in [0, 0.05) is 87.4 Å². The molecule has 1 aromatic heterocycles. The molecule has 1 aliphatic heterocycles. The fraction of sp³-hybridized carbons (Fsp3) is 0.393. The van der Waals surface area contributed by atoms with E-state index >= 15 is 0 Å². The summed E-state index contributed by atoms with van der Waals surface area (Å²) >= 11 is 0. The van der Waals surface area contributed by atoms with Crippen molar-refractivity contribution in [1.82, 2.24) is 20.5 Å². The van der Waals surface area contributed by atoms with Gasteiger partial charge in [-0.1, -0.05) is 18.2 Å². The number of ether oxygens (including phenoxy) is 1. The van der Waals surface area contributed by atoms with Crippen LogP contribution in [0, 0.1) is 0 Å². The number of carbonyl (C=O) groups excluding carboxylic acids is 2. The quantitative estimate of drug-likeness (QED) is 0.281. The molecule has 0 atom stereocenters. The lowest BCUT2D eigenvalue weighted by Gasteiger charge is -2.36. The maximum absolute atomic E-state index is 13.6. The number of carbonyl (C=O) groups is 2. The number of pyridine rings is 1. The number of hydrogen-bond acceptors (Lipinski definition) is 8. The lowest BCUT2D eigenvalue weighted by Crippen LogP contribution is -2.49. The van der Waals surface area contributed by atoms with Crippen LogP contribution in [0.15, 0.2) is 42.5 Å². The second-order valence-electron chi connectivity index (χ2n) is 9.35. The fourth-order valence-corrected chi connectivity index (χ4v) is 5.16. The molecule has 9 nitrogen and oxygen atoms in total. The highest BCUT2D eigenvalue weighted by Crippen LogP contribution is 2.46. The van der Waals surface area contributed by atoms with Gasteiger partial charge < -0.3 is 30.9 Å². The number of hydrogen-bond donors (Lipinski definition) is 3. The monoisotopic (exact) mass is 502 g/mol. The molecule has 9 heteroatoms. The number of fused-ring (bicyclic) bond motifs is 5. The van der Waals surface area contributed by atoms with Crippen LogP contribution in [-0.2, 0) is 4.79 Å². The van der Waals surface area contributed by atoms with Crippen molar-refractivity contribution in [3.05, 3.63) is 53.6 Å². The SMILES string of the molecule is COc1ccc2c(c1)C(=O)c1c-2c(N2CCN(C(=O)CCNCCNCCN)CC2)nc2ccccc12. The van der Waals surface area contributed by atoms with Gasteiger partial charge in [-0.3, -0.25) is 9.59 Å². The zero-order valence-corrected chi connectivity index (χ0v) is 21.3. The number of methoxy groups -OCH3 is 1. The van der Waals surface area contributed by atoms with E-state index in [1.807, 2.05) is 47.4 Å². The summed E-state index contributed by atoms with van der Waals surface area (Å²) in [6.07, 6.45) is 0.476. The lowest BCUT2D eigenvalue weighted by molar-refractivity contribution is -0.131. The normalized spacial score (nSPS) is 14.7. The molecule has 1 amide bonds. The summed E-state index contributed by atoms with van der Waals surface area (Å²) in [5.74, 6) is 1.63. The van der Waals surface area contributed by atoms with Crippen molar-refractivity contribution in [2.75, 3.05) is 70.9 Å². The first-order chi connectivity index (χ1) is 18.1. The van der Waals surface area contributed by atoms with Crippen molar-refractivity contribution >= 4 is 28.4 Å². The molecule has 2 aliphatic rings. The Hall–Kier alpha value is -3.53. The highest BCUT2D eigenvalue weighted by atomic mass is 16.5. The molecule has 5 rings (SSSR count). The van der Waals surface area contributed by atoms with E-state index in [0.29, 0.717) is 62.6 Å². The summed E-state index contributed by atoms with van der Waals surface area (Å²) < 4.78 is 5.38. The maximum Gasteiger partial charge on any atom is 0.223 e. The average molecular weight is 503 g/mol. The van der Waals surface area contributed by atoms with E-state index in [1.165, 1.54) is 0 Å². The van der Waals surface area contributed by atoms with Crippen molar-refractivity contribution in [2.24, 2.45) is 5.73 Å². The molecule has 0 saturated carbocycles. The van der Waals surface area contributed by atoms with Gasteiger partial charge in [-0.15, -0.1) is 0 Å². The molecule has 3 aromatic rings. The number of nitrogens with one attached hydrogen (secondary N) is 2. The van der Waals surface area contributed by atoms with Crippen LogP contribution in [0.1, 0.15) is 22.3 Å². The number of nitrogens with two attached hydrogens (primary N) is 1.